The molecule has 3 rings (SSSR count). The zero-order chi connectivity index (χ0) is 15.5. The van der Waals surface area contributed by atoms with Gasteiger partial charge in [-0.1, -0.05) is 5.16 Å². The van der Waals surface area contributed by atoms with Gasteiger partial charge in [-0.05, 0) is 45.8 Å². The van der Waals surface area contributed by atoms with Crippen LogP contribution in [0.2, 0.25) is 0 Å². The summed E-state index contributed by atoms with van der Waals surface area (Å²) in [5, 5.41) is 17.3. The Kier molecular flexibility index (Phi) is 4.54. The molecule has 0 saturated carbocycles. The van der Waals surface area contributed by atoms with Gasteiger partial charge in [-0.2, -0.15) is 10.1 Å². The Morgan fingerprint density at radius 3 is 2.82 bits per heavy atom. The molecular weight excluding hydrogens is 282 g/mol. The number of aliphatic hydroxyl groups is 1. The molecule has 7 nitrogen and oxygen atoms in total. The van der Waals surface area contributed by atoms with E-state index in [1.165, 1.54) is 5.69 Å². The molecule has 1 unspecified atom stereocenters. The topological polar surface area (TPSA) is 80.2 Å². The Labute approximate surface area is 129 Å². The summed E-state index contributed by atoms with van der Waals surface area (Å²) >= 11 is 0. The van der Waals surface area contributed by atoms with E-state index in [1.807, 2.05) is 17.8 Å². The Balaban J connectivity index is 1.61. The molecule has 22 heavy (non-hydrogen) atoms. The van der Waals surface area contributed by atoms with Crippen molar-refractivity contribution in [2.45, 2.75) is 45.2 Å². The largest absolute Gasteiger partial charge is 0.394 e. The third-order valence-corrected chi connectivity index (χ3v) is 4.46. The number of aliphatic hydroxyl groups excluding tert-OH is 1. The number of likely N-dealkylation sites (tertiary alicyclic amines) is 1. The number of nitrogens with zero attached hydrogens (tertiary/aromatic N) is 5. The highest BCUT2D eigenvalue weighted by Crippen LogP contribution is 2.31. The number of hydrogen-bond donors (Lipinski definition) is 1. The highest BCUT2D eigenvalue weighted by atomic mass is 16.5. The highest BCUT2D eigenvalue weighted by Gasteiger charge is 2.28. The van der Waals surface area contributed by atoms with Crippen molar-refractivity contribution in [3.8, 4) is 0 Å². The quantitative estimate of drug-likeness (QED) is 0.902. The molecule has 0 bridgehead atoms. The minimum Gasteiger partial charge on any atom is -0.394 e. The summed E-state index contributed by atoms with van der Waals surface area (Å²) in [5.41, 5.74) is 1.23. The fraction of sp³-hybridized carbons (Fsp3) is 0.667. The number of aromatic nitrogens is 4. The summed E-state index contributed by atoms with van der Waals surface area (Å²) in [6.07, 6.45) is 3.98. The van der Waals surface area contributed by atoms with Crippen molar-refractivity contribution in [1.82, 2.24) is 24.8 Å². The van der Waals surface area contributed by atoms with E-state index in [-0.39, 0.29) is 12.6 Å². The van der Waals surface area contributed by atoms with Gasteiger partial charge in [0.2, 0.25) is 5.89 Å². The molecule has 7 heteroatoms. The van der Waals surface area contributed by atoms with Gasteiger partial charge in [0.1, 0.15) is 0 Å². The predicted molar refractivity (Wildman–Crippen MR) is 80.3 cm³/mol. The average Bonchev–Trinajstić information content (AvgIpc) is 3.16. The summed E-state index contributed by atoms with van der Waals surface area (Å²) < 4.78 is 7.21. The average molecular weight is 305 g/mol. The second-order valence-corrected chi connectivity index (χ2v) is 5.87. The van der Waals surface area contributed by atoms with E-state index in [1.54, 1.807) is 0 Å². The van der Waals surface area contributed by atoms with Gasteiger partial charge in [0, 0.05) is 17.8 Å². The Hall–Kier alpha value is -1.73. The van der Waals surface area contributed by atoms with Crippen LogP contribution in [0.1, 0.15) is 49.1 Å². The maximum atomic E-state index is 9.11. The van der Waals surface area contributed by atoms with Crippen LogP contribution in [-0.4, -0.2) is 49.6 Å². The molecule has 2 aromatic heterocycles. The monoisotopic (exact) mass is 305 g/mol. The second kappa shape index (κ2) is 6.58. The summed E-state index contributed by atoms with van der Waals surface area (Å²) in [7, 11) is 0. The van der Waals surface area contributed by atoms with Gasteiger partial charge < -0.3 is 9.63 Å². The van der Waals surface area contributed by atoms with Crippen LogP contribution in [0.25, 0.3) is 0 Å². The highest BCUT2D eigenvalue weighted by molar-refractivity contribution is 5.09. The Morgan fingerprint density at radius 2 is 2.18 bits per heavy atom. The first-order chi connectivity index (χ1) is 10.7. The minimum atomic E-state index is 0.126. The van der Waals surface area contributed by atoms with Crippen LogP contribution in [0.4, 0.5) is 0 Å². The van der Waals surface area contributed by atoms with E-state index in [9.17, 15) is 0 Å². The number of hydrogen-bond acceptors (Lipinski definition) is 6. The predicted octanol–water partition coefficient (Wildman–Crippen LogP) is 1.51. The summed E-state index contributed by atoms with van der Waals surface area (Å²) in [4.78, 5) is 6.72. The van der Waals surface area contributed by atoms with Crippen LogP contribution in [0.5, 0.6) is 0 Å². The van der Waals surface area contributed by atoms with Crippen molar-refractivity contribution in [2.75, 3.05) is 19.7 Å². The second-order valence-electron chi connectivity index (χ2n) is 5.87. The van der Waals surface area contributed by atoms with Crippen LogP contribution in [-0.2, 0) is 6.54 Å². The molecule has 1 atom stereocenters. The minimum absolute atomic E-state index is 0.126. The van der Waals surface area contributed by atoms with E-state index < -0.39 is 0 Å². The van der Waals surface area contributed by atoms with Gasteiger partial charge in [0.25, 0.3) is 0 Å². The Morgan fingerprint density at radius 1 is 1.41 bits per heavy atom. The fourth-order valence-electron chi connectivity index (χ4n) is 3.19. The van der Waals surface area contributed by atoms with Gasteiger partial charge in [0.15, 0.2) is 5.82 Å². The molecule has 1 fully saturated rings. The van der Waals surface area contributed by atoms with Gasteiger partial charge in [0.05, 0.1) is 19.2 Å². The third-order valence-electron chi connectivity index (χ3n) is 4.46. The lowest BCUT2D eigenvalue weighted by Gasteiger charge is -2.34. The normalized spacial score (nSPS) is 18.7. The standard InChI is InChI=1S/C15H23N5O2/c1-11(15-17-12(2)18-22-15)19-7-4-13(5-8-19)14-3-6-16-20(14)9-10-21/h3,6,11,13,21H,4-5,7-10H2,1-2H3. The lowest BCUT2D eigenvalue weighted by molar-refractivity contribution is 0.134. The zero-order valence-corrected chi connectivity index (χ0v) is 13.1. The zero-order valence-electron chi connectivity index (χ0n) is 13.1. The van der Waals surface area contributed by atoms with Gasteiger partial charge >= 0.3 is 0 Å². The van der Waals surface area contributed by atoms with Crippen LogP contribution < -0.4 is 0 Å². The van der Waals surface area contributed by atoms with Crippen molar-refractivity contribution < 1.29 is 9.63 Å². The maximum Gasteiger partial charge on any atom is 0.243 e. The Bertz CT molecular complexity index is 601. The SMILES string of the molecule is Cc1noc(C(C)N2CCC(c3ccnn3CCO)CC2)n1. The molecule has 1 N–H and O–H groups in total. The van der Waals surface area contributed by atoms with Crippen LogP contribution in [0.3, 0.4) is 0 Å². The molecule has 0 aliphatic carbocycles. The molecule has 1 saturated heterocycles. The van der Waals surface area contributed by atoms with Crippen molar-refractivity contribution in [1.29, 1.82) is 0 Å². The van der Waals surface area contributed by atoms with Gasteiger partial charge in [-0.3, -0.25) is 9.58 Å². The van der Waals surface area contributed by atoms with E-state index >= 15 is 0 Å². The van der Waals surface area contributed by atoms with Crippen molar-refractivity contribution in [2.24, 2.45) is 0 Å². The van der Waals surface area contributed by atoms with Gasteiger partial charge in [-0.25, -0.2) is 0 Å². The van der Waals surface area contributed by atoms with Gasteiger partial charge in [-0.15, -0.1) is 0 Å². The van der Waals surface area contributed by atoms with Crippen LogP contribution in [0.15, 0.2) is 16.8 Å². The summed E-state index contributed by atoms with van der Waals surface area (Å²) in [6, 6.07) is 2.23. The van der Waals surface area contributed by atoms with Crippen molar-refractivity contribution >= 4 is 0 Å². The lowest BCUT2D eigenvalue weighted by Crippen LogP contribution is -2.35. The molecule has 0 spiro atoms. The molecular formula is C15H23N5O2. The first-order valence-electron chi connectivity index (χ1n) is 7.86. The molecule has 1 aliphatic rings. The van der Waals surface area contributed by atoms with E-state index in [4.69, 9.17) is 9.63 Å². The van der Waals surface area contributed by atoms with E-state index in [2.05, 4.69) is 33.1 Å². The maximum absolute atomic E-state index is 9.11. The number of piperidine rings is 1. The molecule has 3 heterocycles. The molecule has 0 radical (unpaired) electrons. The lowest BCUT2D eigenvalue weighted by atomic mass is 9.92. The molecule has 1 aliphatic heterocycles. The van der Waals surface area contributed by atoms with Crippen molar-refractivity contribution in [3.05, 3.63) is 29.7 Å². The van der Waals surface area contributed by atoms with E-state index in [0.29, 0.717) is 24.2 Å². The third kappa shape index (κ3) is 3.05. The number of rotatable bonds is 5. The fourth-order valence-corrected chi connectivity index (χ4v) is 3.19. The molecule has 120 valence electrons. The van der Waals surface area contributed by atoms with E-state index in [0.717, 1.165) is 25.9 Å². The summed E-state index contributed by atoms with van der Waals surface area (Å²) in [6.45, 7) is 6.65. The smallest absolute Gasteiger partial charge is 0.243 e. The van der Waals surface area contributed by atoms with Crippen LogP contribution >= 0.6 is 0 Å². The summed E-state index contributed by atoms with van der Waals surface area (Å²) in [5.74, 6) is 1.88. The van der Waals surface area contributed by atoms with Crippen LogP contribution in [0, 0.1) is 6.92 Å². The first-order valence-corrected chi connectivity index (χ1v) is 7.86. The first kappa shape index (κ1) is 15.2. The molecule has 0 aromatic carbocycles. The molecule has 0 amide bonds. The van der Waals surface area contributed by atoms with Crippen molar-refractivity contribution in [3.63, 3.8) is 0 Å². The molecule has 2 aromatic rings. The number of aryl methyl sites for hydroxylation is 1.